The van der Waals surface area contributed by atoms with Gasteiger partial charge in [-0.2, -0.15) is 0 Å². The van der Waals surface area contributed by atoms with E-state index in [-0.39, 0.29) is 29.6 Å². The van der Waals surface area contributed by atoms with Crippen molar-refractivity contribution in [3.63, 3.8) is 0 Å². The van der Waals surface area contributed by atoms with Crippen LogP contribution in [0.3, 0.4) is 0 Å². The average Bonchev–Trinajstić information content (AvgIpc) is 3.56. The number of nitrogens with one attached hydrogen (secondary N) is 2. The van der Waals surface area contributed by atoms with E-state index in [0.29, 0.717) is 70.4 Å². The van der Waals surface area contributed by atoms with Crippen LogP contribution in [0.15, 0.2) is 53.5 Å². The Hall–Kier alpha value is -4.71. The molecule has 3 amide bonds. The number of likely N-dealkylation sites (tertiary alicyclic amines) is 3. The summed E-state index contributed by atoms with van der Waals surface area (Å²) in [5.74, 6) is 0.971. The summed E-state index contributed by atoms with van der Waals surface area (Å²) in [6.45, 7) is 11.0. The number of carbonyl (C=O) groups excluding carboxylic acids is 3. The number of piperidine rings is 3. The molecule has 0 radical (unpaired) electrons. The Kier molecular flexibility index (Phi) is 12.2. The van der Waals surface area contributed by atoms with E-state index in [1.165, 1.54) is 11.1 Å². The summed E-state index contributed by atoms with van der Waals surface area (Å²) >= 11 is 0. The van der Waals surface area contributed by atoms with E-state index >= 15 is 0 Å². The predicted molar refractivity (Wildman–Crippen MR) is 214 cm³/mol. The van der Waals surface area contributed by atoms with Gasteiger partial charge in [0.2, 0.25) is 5.91 Å². The number of benzene rings is 2. The Morgan fingerprint density at radius 2 is 1.53 bits per heavy atom. The molecule has 5 heterocycles. The number of hydrogen-bond acceptors (Lipinski definition) is 7. The summed E-state index contributed by atoms with van der Waals surface area (Å²) in [5, 5.41) is 4.09. The maximum atomic E-state index is 14.3. The topological polar surface area (TPSA) is 133 Å². The third-order valence-electron chi connectivity index (χ3n) is 12.5. The van der Waals surface area contributed by atoms with Gasteiger partial charge in [-0.05, 0) is 106 Å². The van der Waals surface area contributed by atoms with Gasteiger partial charge in [-0.15, -0.1) is 0 Å². The van der Waals surface area contributed by atoms with Gasteiger partial charge in [0, 0.05) is 44.0 Å². The molecule has 55 heavy (non-hydrogen) atoms. The highest BCUT2D eigenvalue weighted by molar-refractivity contribution is 6.01. The molecule has 2 aromatic heterocycles. The molecule has 294 valence electrons. The molecule has 0 unspecified atom stereocenters. The lowest BCUT2D eigenvalue weighted by atomic mass is 9.78. The highest BCUT2D eigenvalue weighted by Crippen LogP contribution is 2.33. The van der Waals surface area contributed by atoms with Crippen LogP contribution >= 0.6 is 0 Å². The number of pyridine rings is 1. The second-order valence-corrected chi connectivity index (χ2v) is 15.7. The second kappa shape index (κ2) is 17.4. The van der Waals surface area contributed by atoms with Gasteiger partial charge in [0.05, 0.1) is 35.9 Å². The maximum absolute atomic E-state index is 14.3. The molecule has 12 heteroatoms. The second-order valence-electron chi connectivity index (χ2n) is 15.7. The van der Waals surface area contributed by atoms with Gasteiger partial charge >= 0.3 is 17.7 Å². The number of imidazole rings is 1. The van der Waals surface area contributed by atoms with E-state index in [9.17, 15) is 19.2 Å². The molecule has 3 aliphatic rings. The minimum atomic E-state index is -0.680. The molecule has 0 bridgehead atoms. The fourth-order valence-electron chi connectivity index (χ4n) is 9.35. The van der Waals surface area contributed by atoms with Crippen LogP contribution in [0.2, 0.25) is 0 Å². The summed E-state index contributed by atoms with van der Waals surface area (Å²) in [6, 6.07) is 13.3. The van der Waals surface area contributed by atoms with Crippen molar-refractivity contribution in [1.29, 1.82) is 0 Å². The first-order valence-electron chi connectivity index (χ1n) is 20.6. The van der Waals surface area contributed by atoms with Crippen LogP contribution in [-0.2, 0) is 33.6 Å². The lowest BCUT2D eigenvalue weighted by Gasteiger charge is -2.41. The van der Waals surface area contributed by atoms with Crippen molar-refractivity contribution in [3.05, 3.63) is 75.8 Å². The van der Waals surface area contributed by atoms with Crippen molar-refractivity contribution in [2.45, 2.75) is 90.6 Å². The number of amides is 3. The average molecular weight is 752 g/mol. The van der Waals surface area contributed by atoms with E-state index in [4.69, 9.17) is 4.74 Å². The Morgan fingerprint density at radius 3 is 2.22 bits per heavy atom. The third-order valence-corrected chi connectivity index (χ3v) is 12.5. The zero-order valence-corrected chi connectivity index (χ0v) is 32.7. The molecule has 3 fully saturated rings. The van der Waals surface area contributed by atoms with Gasteiger partial charge in [0.15, 0.2) is 0 Å². The number of urea groups is 1. The first-order valence-corrected chi connectivity index (χ1v) is 20.6. The molecule has 0 aliphatic carbocycles. The number of aromatic nitrogens is 3. The van der Waals surface area contributed by atoms with Gasteiger partial charge in [0.25, 0.3) is 0 Å². The van der Waals surface area contributed by atoms with Gasteiger partial charge < -0.3 is 24.8 Å². The van der Waals surface area contributed by atoms with Crippen molar-refractivity contribution >= 4 is 39.8 Å². The van der Waals surface area contributed by atoms with Crippen molar-refractivity contribution in [1.82, 2.24) is 34.6 Å². The summed E-state index contributed by atoms with van der Waals surface area (Å²) < 4.78 is 6.95. The summed E-state index contributed by atoms with van der Waals surface area (Å²) in [5.41, 5.74) is 5.89. The molecular weight excluding hydrogens is 695 g/mol. The standard InChI is InChI=1S/C43H57N7O5/c1-4-30-12-11-29(25-31(30)5-2)26-37(41(52)48-21-15-33(16-22-48)32-13-19-47(20-14-32)28-39(51)55-6-3)45-42(53)49-23-17-34(18-24-49)50-38-27-44-36-10-8-7-9-35(36)40(38)46-43(50)54/h7-12,25,27,32-34,37H,4-6,13-24,26,28H2,1-3H3,(H,45,53)(H,46,54)/t37-/m1/s1. The molecule has 3 aliphatic heterocycles. The number of rotatable bonds is 11. The van der Waals surface area contributed by atoms with Gasteiger partial charge in [0.1, 0.15) is 6.04 Å². The number of aryl methyl sites for hydroxylation is 2. The largest absolute Gasteiger partial charge is 0.465 e. The van der Waals surface area contributed by atoms with Crippen molar-refractivity contribution < 1.29 is 19.1 Å². The van der Waals surface area contributed by atoms with Gasteiger partial charge in [-0.25, -0.2) is 9.59 Å². The van der Waals surface area contributed by atoms with Crippen molar-refractivity contribution in [2.24, 2.45) is 11.8 Å². The van der Waals surface area contributed by atoms with Crippen LogP contribution in [0.1, 0.15) is 82.0 Å². The van der Waals surface area contributed by atoms with E-state index < -0.39 is 6.04 Å². The first-order chi connectivity index (χ1) is 26.8. The number of esters is 1. The van der Waals surface area contributed by atoms with Crippen LogP contribution in [-0.4, -0.2) is 106 Å². The lowest BCUT2D eigenvalue weighted by Crippen LogP contribution is -2.55. The Morgan fingerprint density at radius 1 is 0.855 bits per heavy atom. The molecule has 3 saturated heterocycles. The van der Waals surface area contributed by atoms with E-state index in [1.54, 1.807) is 15.7 Å². The monoisotopic (exact) mass is 751 g/mol. The number of H-pyrrole nitrogens is 1. The van der Waals surface area contributed by atoms with E-state index in [2.05, 4.69) is 52.2 Å². The summed E-state index contributed by atoms with van der Waals surface area (Å²) in [7, 11) is 0. The van der Waals surface area contributed by atoms with Crippen LogP contribution in [0.4, 0.5) is 4.79 Å². The van der Waals surface area contributed by atoms with Crippen LogP contribution < -0.4 is 11.0 Å². The number of para-hydroxylation sites is 1. The van der Waals surface area contributed by atoms with E-state index in [0.717, 1.165) is 79.1 Å². The lowest BCUT2D eigenvalue weighted by molar-refractivity contribution is -0.144. The first kappa shape index (κ1) is 38.6. The smallest absolute Gasteiger partial charge is 0.326 e. The minimum Gasteiger partial charge on any atom is -0.465 e. The Bertz CT molecular complexity index is 2030. The fraction of sp³-hybridized carbons (Fsp3) is 0.558. The van der Waals surface area contributed by atoms with Gasteiger partial charge in [-0.3, -0.25) is 24.0 Å². The number of ether oxygens (including phenoxy) is 1. The van der Waals surface area contributed by atoms with Crippen molar-refractivity contribution in [2.75, 3.05) is 52.4 Å². The Labute approximate surface area is 323 Å². The molecule has 0 saturated carbocycles. The summed E-state index contributed by atoms with van der Waals surface area (Å²) in [6.07, 6.45) is 9.34. The van der Waals surface area contributed by atoms with Crippen LogP contribution in [0.25, 0.3) is 21.9 Å². The third kappa shape index (κ3) is 8.59. The minimum absolute atomic E-state index is 0.0198. The number of fused-ring (bicyclic) bond motifs is 3. The molecule has 2 N–H and O–H groups in total. The van der Waals surface area contributed by atoms with Crippen LogP contribution in [0, 0.1) is 11.8 Å². The molecule has 0 spiro atoms. The van der Waals surface area contributed by atoms with E-state index in [1.807, 2.05) is 36.1 Å². The molecule has 7 rings (SSSR count). The van der Waals surface area contributed by atoms with Crippen molar-refractivity contribution in [3.8, 4) is 0 Å². The molecule has 4 aromatic rings. The van der Waals surface area contributed by atoms with Gasteiger partial charge in [-0.1, -0.05) is 50.2 Å². The predicted octanol–water partition coefficient (Wildman–Crippen LogP) is 5.47. The number of carbonyl (C=O) groups is 3. The maximum Gasteiger partial charge on any atom is 0.326 e. The SMILES string of the molecule is CCOC(=O)CN1CCC(C2CCN(C(=O)[C@@H](Cc3ccc(CC)c(CC)c3)NC(=O)N3CCC(n4c(=O)[nH]c5c6ccccc6ncc54)CC3)CC2)CC1. The number of aromatic amines is 1. The number of nitrogens with zero attached hydrogens (tertiary/aromatic N) is 5. The molecular formula is C43H57N7O5. The Balaban J connectivity index is 0.993. The zero-order chi connectivity index (χ0) is 38.5. The normalized spacial score (nSPS) is 18.5. The molecule has 1 atom stereocenters. The number of hydrogen-bond donors (Lipinski definition) is 2. The summed E-state index contributed by atoms with van der Waals surface area (Å²) in [4.78, 5) is 67.1. The van der Waals surface area contributed by atoms with Crippen LogP contribution in [0.5, 0.6) is 0 Å². The molecule has 2 aromatic carbocycles. The zero-order valence-electron chi connectivity index (χ0n) is 32.7. The quantitative estimate of drug-likeness (QED) is 0.194. The highest BCUT2D eigenvalue weighted by atomic mass is 16.5. The molecule has 12 nitrogen and oxygen atoms in total. The fourth-order valence-corrected chi connectivity index (χ4v) is 9.35. The highest BCUT2D eigenvalue weighted by Gasteiger charge is 2.35.